The van der Waals surface area contributed by atoms with Crippen molar-refractivity contribution in [3.63, 3.8) is 0 Å². The van der Waals surface area contributed by atoms with Crippen LogP contribution in [0.15, 0.2) is 23.1 Å². The number of sulfonamides is 1. The summed E-state index contributed by atoms with van der Waals surface area (Å²) in [6, 6.07) is 5.61. The highest BCUT2D eigenvalue weighted by Gasteiger charge is 2.37. The summed E-state index contributed by atoms with van der Waals surface area (Å²) >= 11 is 6.02. The Morgan fingerprint density at radius 1 is 1.52 bits per heavy atom. The van der Waals surface area contributed by atoms with Gasteiger partial charge < -0.3 is 5.11 Å². The van der Waals surface area contributed by atoms with Crippen LogP contribution in [0.25, 0.3) is 0 Å². The van der Waals surface area contributed by atoms with Crippen LogP contribution in [0.3, 0.4) is 0 Å². The summed E-state index contributed by atoms with van der Waals surface area (Å²) < 4.78 is 26.9. The SMILES string of the molecule is CC1CCCN(S(=O)(=O)c2ccc(C#N)cc2Cl)C1CO. The van der Waals surface area contributed by atoms with Crippen LogP contribution < -0.4 is 0 Å². The van der Waals surface area contributed by atoms with E-state index >= 15 is 0 Å². The number of aliphatic hydroxyl groups is 1. The van der Waals surface area contributed by atoms with E-state index in [1.54, 1.807) is 0 Å². The molecule has 1 aromatic rings. The van der Waals surface area contributed by atoms with Crippen molar-refractivity contribution in [1.82, 2.24) is 4.31 Å². The standard InChI is InChI=1S/C14H17ClN2O3S/c1-10-3-2-6-17(13(10)9-18)21(19,20)14-5-4-11(8-16)7-12(14)15/h4-5,7,10,13,18H,2-3,6,9H2,1H3. The Labute approximate surface area is 129 Å². The van der Waals surface area contributed by atoms with Crippen molar-refractivity contribution in [3.05, 3.63) is 28.8 Å². The lowest BCUT2D eigenvalue weighted by Crippen LogP contribution is -2.49. The third-order valence-electron chi connectivity index (χ3n) is 3.90. The number of hydrogen-bond acceptors (Lipinski definition) is 4. The van der Waals surface area contributed by atoms with E-state index in [4.69, 9.17) is 16.9 Å². The predicted octanol–water partition coefficient (Wildman–Crippen LogP) is 1.99. The Bertz CT molecular complexity index is 669. The van der Waals surface area contributed by atoms with Gasteiger partial charge in [-0.3, -0.25) is 0 Å². The quantitative estimate of drug-likeness (QED) is 0.920. The van der Waals surface area contributed by atoms with Crippen molar-refractivity contribution in [2.75, 3.05) is 13.2 Å². The van der Waals surface area contributed by atoms with E-state index in [0.29, 0.717) is 12.1 Å². The molecule has 1 saturated heterocycles. The summed E-state index contributed by atoms with van der Waals surface area (Å²) in [4.78, 5) is -0.0179. The lowest BCUT2D eigenvalue weighted by Gasteiger charge is -2.38. The zero-order valence-corrected chi connectivity index (χ0v) is 13.2. The molecule has 0 aromatic heterocycles. The van der Waals surface area contributed by atoms with Crippen LogP contribution in [-0.2, 0) is 10.0 Å². The van der Waals surface area contributed by atoms with Crippen LogP contribution in [-0.4, -0.2) is 37.0 Å². The number of aliphatic hydroxyl groups excluding tert-OH is 1. The van der Waals surface area contributed by atoms with E-state index in [1.165, 1.54) is 22.5 Å². The Morgan fingerprint density at radius 2 is 2.24 bits per heavy atom. The van der Waals surface area contributed by atoms with Crippen LogP contribution in [0.4, 0.5) is 0 Å². The average Bonchev–Trinajstić information content (AvgIpc) is 2.46. The van der Waals surface area contributed by atoms with E-state index in [0.717, 1.165) is 12.8 Å². The van der Waals surface area contributed by atoms with Gasteiger partial charge in [-0.05, 0) is 37.0 Å². The average molecular weight is 329 g/mol. The Morgan fingerprint density at radius 3 is 2.81 bits per heavy atom. The third kappa shape index (κ3) is 3.06. The zero-order chi connectivity index (χ0) is 15.6. The molecule has 1 heterocycles. The molecule has 114 valence electrons. The van der Waals surface area contributed by atoms with Crippen LogP contribution in [0.5, 0.6) is 0 Å². The smallest absolute Gasteiger partial charge is 0.244 e. The van der Waals surface area contributed by atoms with Gasteiger partial charge in [0, 0.05) is 6.54 Å². The van der Waals surface area contributed by atoms with Gasteiger partial charge in [-0.1, -0.05) is 18.5 Å². The summed E-state index contributed by atoms with van der Waals surface area (Å²) in [5.74, 6) is 0.0932. The molecule has 0 amide bonds. The normalized spacial score (nSPS) is 23.7. The van der Waals surface area contributed by atoms with Gasteiger partial charge in [-0.2, -0.15) is 9.57 Å². The lowest BCUT2D eigenvalue weighted by atomic mass is 9.93. The molecule has 7 heteroatoms. The van der Waals surface area contributed by atoms with Gasteiger partial charge in [0.05, 0.1) is 29.3 Å². The van der Waals surface area contributed by atoms with Gasteiger partial charge in [0.15, 0.2) is 0 Å². The van der Waals surface area contributed by atoms with Crippen LogP contribution in [0.2, 0.25) is 5.02 Å². The zero-order valence-electron chi connectivity index (χ0n) is 11.7. The summed E-state index contributed by atoms with van der Waals surface area (Å²) in [7, 11) is -3.78. The molecule has 5 nitrogen and oxygen atoms in total. The Balaban J connectivity index is 2.44. The first-order chi connectivity index (χ1) is 9.91. The molecule has 0 aliphatic carbocycles. The molecule has 21 heavy (non-hydrogen) atoms. The number of nitrogens with zero attached hydrogens (tertiary/aromatic N) is 2. The maximum absolute atomic E-state index is 12.8. The molecule has 1 N–H and O–H groups in total. The Hall–Kier alpha value is -1.13. The molecule has 0 bridgehead atoms. The second-order valence-corrected chi connectivity index (χ2v) is 7.51. The van der Waals surface area contributed by atoms with Gasteiger partial charge in [0.1, 0.15) is 4.90 Å². The molecule has 0 radical (unpaired) electrons. The molecule has 1 aromatic carbocycles. The minimum absolute atomic E-state index is 0.0179. The van der Waals surface area contributed by atoms with Crippen molar-refractivity contribution in [1.29, 1.82) is 5.26 Å². The molecule has 1 fully saturated rings. The fourth-order valence-electron chi connectivity index (χ4n) is 2.69. The lowest BCUT2D eigenvalue weighted by molar-refractivity contribution is 0.113. The maximum atomic E-state index is 12.8. The van der Waals surface area contributed by atoms with Crippen molar-refractivity contribution < 1.29 is 13.5 Å². The van der Waals surface area contributed by atoms with Gasteiger partial charge in [-0.25, -0.2) is 8.42 Å². The monoisotopic (exact) mass is 328 g/mol. The molecule has 1 aliphatic heterocycles. The molecule has 0 saturated carbocycles. The first kappa shape index (κ1) is 16.2. The molecular weight excluding hydrogens is 312 g/mol. The van der Waals surface area contributed by atoms with Gasteiger partial charge >= 0.3 is 0 Å². The van der Waals surface area contributed by atoms with E-state index in [2.05, 4.69) is 0 Å². The summed E-state index contributed by atoms with van der Waals surface area (Å²) in [5.41, 5.74) is 0.310. The van der Waals surface area contributed by atoms with E-state index in [9.17, 15) is 13.5 Å². The van der Waals surface area contributed by atoms with Crippen LogP contribution in [0, 0.1) is 17.2 Å². The first-order valence-electron chi connectivity index (χ1n) is 6.74. The van der Waals surface area contributed by atoms with Gasteiger partial charge in [-0.15, -0.1) is 0 Å². The highest BCUT2D eigenvalue weighted by atomic mass is 35.5. The van der Waals surface area contributed by atoms with E-state index in [1.807, 2.05) is 13.0 Å². The Kier molecular flexibility index (Phi) is 4.89. The highest BCUT2D eigenvalue weighted by molar-refractivity contribution is 7.89. The summed E-state index contributed by atoms with van der Waals surface area (Å²) in [6.07, 6.45) is 1.64. The van der Waals surface area contributed by atoms with Gasteiger partial charge in [0.25, 0.3) is 0 Å². The van der Waals surface area contributed by atoms with Crippen molar-refractivity contribution in [2.45, 2.75) is 30.7 Å². The van der Waals surface area contributed by atoms with Crippen LogP contribution >= 0.6 is 11.6 Å². The van der Waals surface area contributed by atoms with Crippen molar-refractivity contribution in [3.8, 4) is 6.07 Å². The van der Waals surface area contributed by atoms with Crippen molar-refractivity contribution in [2.24, 2.45) is 5.92 Å². The number of halogens is 1. The number of rotatable bonds is 3. The molecular formula is C14H17ClN2O3S. The number of benzene rings is 1. The van der Waals surface area contributed by atoms with E-state index in [-0.39, 0.29) is 22.4 Å². The van der Waals surface area contributed by atoms with Crippen molar-refractivity contribution >= 4 is 21.6 Å². The van der Waals surface area contributed by atoms with E-state index < -0.39 is 16.1 Å². The first-order valence-corrected chi connectivity index (χ1v) is 8.56. The van der Waals surface area contributed by atoms with Crippen LogP contribution in [0.1, 0.15) is 25.3 Å². The third-order valence-corrected chi connectivity index (χ3v) is 6.31. The molecule has 2 rings (SSSR count). The second kappa shape index (κ2) is 6.32. The second-order valence-electron chi connectivity index (χ2n) is 5.24. The number of hydrogen-bond donors (Lipinski definition) is 1. The minimum Gasteiger partial charge on any atom is -0.395 e. The van der Waals surface area contributed by atoms with Gasteiger partial charge in [0.2, 0.25) is 10.0 Å². The number of piperidine rings is 1. The predicted molar refractivity (Wildman–Crippen MR) is 79.3 cm³/mol. The molecule has 0 spiro atoms. The summed E-state index contributed by atoms with van der Waals surface area (Å²) in [6.45, 7) is 2.09. The fourth-order valence-corrected chi connectivity index (χ4v) is 4.96. The summed E-state index contributed by atoms with van der Waals surface area (Å²) in [5, 5.41) is 18.4. The number of nitriles is 1. The topological polar surface area (TPSA) is 81.4 Å². The largest absolute Gasteiger partial charge is 0.395 e. The fraction of sp³-hybridized carbons (Fsp3) is 0.500. The molecule has 2 unspecified atom stereocenters. The molecule has 2 atom stereocenters. The minimum atomic E-state index is -3.78. The molecule has 1 aliphatic rings. The maximum Gasteiger partial charge on any atom is 0.244 e. The highest BCUT2D eigenvalue weighted by Crippen LogP contribution is 2.32.